The van der Waals surface area contributed by atoms with Crippen LogP contribution in [0.5, 0.6) is 0 Å². The van der Waals surface area contributed by atoms with Gasteiger partial charge in [-0.1, -0.05) is 129 Å². The standard InChI is InChI=1S/C39H23N3O.CH4/c1-2-10-26(11-3-1)37-40-38(42-39(41-37)32-14-8-16-35-36(32)31-13-6-7-15-34(31)43-35)27-18-17-25-20-21-29-28-12-5-4-9-24(28)19-22-30(29)33(25)23-27;/h1-23H;1H4. The van der Waals surface area contributed by atoms with Crippen molar-refractivity contribution in [3.05, 3.63) is 140 Å². The lowest BCUT2D eigenvalue weighted by Crippen LogP contribution is -2.00. The predicted octanol–water partition coefficient (Wildman–Crippen LogP) is 10.9. The summed E-state index contributed by atoms with van der Waals surface area (Å²) in [6, 6.07) is 48.1. The Kier molecular flexibility index (Phi) is 5.95. The van der Waals surface area contributed by atoms with Crippen LogP contribution in [0.25, 0.3) is 88.4 Å². The normalized spacial score (nSPS) is 11.5. The summed E-state index contributed by atoms with van der Waals surface area (Å²) in [6.07, 6.45) is 0. The van der Waals surface area contributed by atoms with Gasteiger partial charge >= 0.3 is 0 Å². The van der Waals surface area contributed by atoms with Gasteiger partial charge in [-0.25, -0.2) is 15.0 Å². The maximum atomic E-state index is 6.19. The summed E-state index contributed by atoms with van der Waals surface area (Å²) in [5.41, 5.74) is 4.45. The van der Waals surface area contributed by atoms with E-state index in [2.05, 4.69) is 78.9 Å². The van der Waals surface area contributed by atoms with Crippen LogP contribution in [-0.4, -0.2) is 15.0 Å². The van der Waals surface area contributed by atoms with E-state index in [4.69, 9.17) is 19.4 Å². The van der Waals surface area contributed by atoms with Crippen molar-refractivity contribution in [2.45, 2.75) is 7.43 Å². The van der Waals surface area contributed by atoms with Gasteiger partial charge in [0, 0.05) is 27.5 Å². The first-order valence-corrected chi connectivity index (χ1v) is 14.4. The molecule has 0 N–H and O–H groups in total. The van der Waals surface area contributed by atoms with Crippen molar-refractivity contribution in [1.82, 2.24) is 15.0 Å². The zero-order valence-electron chi connectivity index (χ0n) is 23.0. The molecule has 4 heteroatoms. The Bertz CT molecular complexity index is 2510. The van der Waals surface area contributed by atoms with Crippen LogP contribution in [0.4, 0.5) is 0 Å². The van der Waals surface area contributed by atoms with Gasteiger partial charge < -0.3 is 4.42 Å². The molecule has 7 aromatic carbocycles. The summed E-state index contributed by atoms with van der Waals surface area (Å²) < 4.78 is 6.19. The molecule has 0 bridgehead atoms. The van der Waals surface area contributed by atoms with Gasteiger partial charge in [-0.05, 0) is 50.5 Å². The van der Waals surface area contributed by atoms with E-state index in [1.54, 1.807) is 0 Å². The molecule has 4 nitrogen and oxygen atoms in total. The van der Waals surface area contributed by atoms with Gasteiger partial charge in [0.05, 0.1) is 0 Å². The lowest BCUT2D eigenvalue weighted by molar-refractivity contribution is 0.669. The van der Waals surface area contributed by atoms with E-state index in [1.807, 2.05) is 60.7 Å². The summed E-state index contributed by atoms with van der Waals surface area (Å²) in [4.78, 5) is 15.1. The molecule has 0 aliphatic heterocycles. The molecule has 0 unspecified atom stereocenters. The van der Waals surface area contributed by atoms with E-state index in [-0.39, 0.29) is 7.43 Å². The topological polar surface area (TPSA) is 51.8 Å². The Morgan fingerprint density at radius 1 is 0.386 bits per heavy atom. The maximum absolute atomic E-state index is 6.19. The summed E-state index contributed by atoms with van der Waals surface area (Å²) in [5, 5.41) is 9.34. The third kappa shape index (κ3) is 4.03. The van der Waals surface area contributed by atoms with E-state index < -0.39 is 0 Å². The smallest absolute Gasteiger partial charge is 0.164 e. The second-order valence-electron chi connectivity index (χ2n) is 10.8. The number of aromatic nitrogens is 3. The van der Waals surface area contributed by atoms with Gasteiger partial charge in [-0.15, -0.1) is 0 Å². The van der Waals surface area contributed by atoms with Crippen molar-refractivity contribution < 1.29 is 4.42 Å². The third-order valence-corrected chi connectivity index (χ3v) is 8.31. The van der Waals surface area contributed by atoms with E-state index in [0.717, 1.165) is 38.6 Å². The average molecular weight is 566 g/mol. The fourth-order valence-electron chi connectivity index (χ4n) is 6.26. The van der Waals surface area contributed by atoms with E-state index >= 15 is 0 Å². The van der Waals surface area contributed by atoms with Crippen LogP contribution in [0, 0.1) is 0 Å². The molecule has 2 aromatic heterocycles. The largest absolute Gasteiger partial charge is 0.456 e. The first-order chi connectivity index (χ1) is 21.3. The van der Waals surface area contributed by atoms with Gasteiger partial charge in [-0.2, -0.15) is 0 Å². The molecule has 44 heavy (non-hydrogen) atoms. The Morgan fingerprint density at radius 3 is 1.84 bits per heavy atom. The van der Waals surface area contributed by atoms with E-state index in [1.165, 1.54) is 32.3 Å². The molecule has 0 spiro atoms. The molecule has 0 atom stereocenters. The highest BCUT2D eigenvalue weighted by Gasteiger charge is 2.18. The van der Waals surface area contributed by atoms with Crippen LogP contribution < -0.4 is 0 Å². The van der Waals surface area contributed by atoms with Crippen molar-refractivity contribution >= 4 is 54.3 Å². The molecule has 9 aromatic rings. The number of nitrogens with zero attached hydrogens (tertiary/aromatic N) is 3. The Labute approximate surface area is 254 Å². The van der Waals surface area contributed by atoms with Gasteiger partial charge in [-0.3, -0.25) is 0 Å². The SMILES string of the molecule is C.c1ccc(-c2nc(-c3ccc4ccc5c6ccccc6ccc5c4c3)nc(-c3cccc4oc5ccccc5c34)n2)cc1. The number of furan rings is 1. The van der Waals surface area contributed by atoms with E-state index in [0.29, 0.717) is 17.5 Å². The second-order valence-corrected chi connectivity index (χ2v) is 10.8. The molecular weight excluding hydrogens is 538 g/mol. The van der Waals surface area contributed by atoms with Crippen molar-refractivity contribution in [2.24, 2.45) is 0 Å². The number of benzene rings is 7. The van der Waals surface area contributed by atoms with Crippen molar-refractivity contribution in [2.75, 3.05) is 0 Å². The third-order valence-electron chi connectivity index (χ3n) is 8.31. The Balaban J connectivity index is 0.00000289. The summed E-state index contributed by atoms with van der Waals surface area (Å²) in [6.45, 7) is 0. The zero-order valence-corrected chi connectivity index (χ0v) is 23.0. The lowest BCUT2D eigenvalue weighted by atomic mass is 9.96. The highest BCUT2D eigenvalue weighted by Crippen LogP contribution is 2.37. The molecule has 208 valence electrons. The van der Waals surface area contributed by atoms with Gasteiger partial charge in [0.15, 0.2) is 17.5 Å². The van der Waals surface area contributed by atoms with Gasteiger partial charge in [0.2, 0.25) is 0 Å². The predicted molar refractivity (Wildman–Crippen MR) is 183 cm³/mol. The van der Waals surface area contributed by atoms with Crippen LogP contribution in [0.1, 0.15) is 7.43 Å². The zero-order chi connectivity index (χ0) is 28.3. The molecule has 0 aliphatic carbocycles. The summed E-state index contributed by atoms with van der Waals surface area (Å²) in [7, 11) is 0. The first-order valence-electron chi connectivity index (χ1n) is 14.4. The quantitative estimate of drug-likeness (QED) is 0.200. The fraction of sp³-hybridized carbons (Fsp3) is 0.0250. The van der Waals surface area contributed by atoms with Crippen molar-refractivity contribution in [3.63, 3.8) is 0 Å². The molecule has 0 saturated heterocycles. The summed E-state index contributed by atoms with van der Waals surface area (Å²) >= 11 is 0. The number of hydrogen-bond acceptors (Lipinski definition) is 4. The Hall–Kier alpha value is -5.87. The molecular formula is C40H27N3O. The highest BCUT2D eigenvalue weighted by molar-refractivity contribution is 6.17. The second kappa shape index (κ2) is 10.1. The average Bonchev–Trinajstić information content (AvgIpc) is 3.47. The Morgan fingerprint density at radius 2 is 1.00 bits per heavy atom. The summed E-state index contributed by atoms with van der Waals surface area (Å²) in [5.74, 6) is 1.88. The minimum atomic E-state index is 0. The monoisotopic (exact) mass is 565 g/mol. The molecule has 2 heterocycles. The highest BCUT2D eigenvalue weighted by atomic mass is 16.3. The maximum Gasteiger partial charge on any atom is 0.164 e. The number of hydrogen-bond donors (Lipinski definition) is 0. The number of para-hydroxylation sites is 1. The van der Waals surface area contributed by atoms with Crippen LogP contribution in [0.2, 0.25) is 0 Å². The van der Waals surface area contributed by atoms with Crippen molar-refractivity contribution in [3.8, 4) is 34.2 Å². The van der Waals surface area contributed by atoms with Crippen LogP contribution in [0.3, 0.4) is 0 Å². The van der Waals surface area contributed by atoms with Crippen LogP contribution in [0.15, 0.2) is 144 Å². The number of rotatable bonds is 3. The molecule has 0 fully saturated rings. The molecule has 9 rings (SSSR count). The molecule has 0 saturated carbocycles. The fourth-order valence-corrected chi connectivity index (χ4v) is 6.26. The van der Waals surface area contributed by atoms with Crippen LogP contribution >= 0.6 is 0 Å². The minimum absolute atomic E-state index is 0. The van der Waals surface area contributed by atoms with Gasteiger partial charge in [0.25, 0.3) is 0 Å². The van der Waals surface area contributed by atoms with Crippen LogP contribution in [-0.2, 0) is 0 Å². The van der Waals surface area contributed by atoms with Gasteiger partial charge in [0.1, 0.15) is 11.2 Å². The molecule has 0 aliphatic rings. The number of fused-ring (bicyclic) bond motifs is 8. The first kappa shape index (κ1) is 25.8. The lowest BCUT2D eigenvalue weighted by Gasteiger charge is -2.11. The molecule has 0 amide bonds. The minimum Gasteiger partial charge on any atom is -0.456 e. The van der Waals surface area contributed by atoms with E-state index in [9.17, 15) is 0 Å². The van der Waals surface area contributed by atoms with Crippen molar-refractivity contribution in [1.29, 1.82) is 0 Å². The molecule has 0 radical (unpaired) electrons.